The van der Waals surface area contributed by atoms with Crippen molar-refractivity contribution in [2.24, 2.45) is 0 Å². The maximum atomic E-state index is 12.0. The van der Waals surface area contributed by atoms with E-state index in [1.165, 1.54) is 7.11 Å². The maximum absolute atomic E-state index is 12.0. The first-order chi connectivity index (χ1) is 12.5. The van der Waals surface area contributed by atoms with Crippen molar-refractivity contribution in [1.82, 2.24) is 10.1 Å². The smallest absolute Gasteiger partial charge is 0.386 e. The molecule has 1 heterocycles. The molecule has 2 aromatic carbocycles. The fourth-order valence-corrected chi connectivity index (χ4v) is 2.29. The zero-order chi connectivity index (χ0) is 18.7. The van der Waals surface area contributed by atoms with Gasteiger partial charge >= 0.3 is 12.0 Å². The molecule has 1 unspecified atom stereocenters. The lowest BCUT2D eigenvalue weighted by Crippen LogP contribution is -2.32. The number of aromatic nitrogens is 3. The van der Waals surface area contributed by atoms with Crippen LogP contribution in [0.1, 0.15) is 12.5 Å². The van der Waals surface area contributed by atoms with Crippen LogP contribution in [0.2, 0.25) is 0 Å². The Balaban J connectivity index is 1.76. The molecule has 0 bridgehead atoms. The summed E-state index contributed by atoms with van der Waals surface area (Å²) in [6.45, 7) is 3.47. The molecule has 0 fully saturated rings. The molecule has 3 aromatic rings. The van der Waals surface area contributed by atoms with E-state index >= 15 is 0 Å². The van der Waals surface area contributed by atoms with E-state index in [4.69, 9.17) is 9.47 Å². The third kappa shape index (κ3) is 3.80. The topological polar surface area (TPSA) is 97.5 Å². The molecule has 3 rings (SSSR count). The number of nitrogens with zero attached hydrogens (tertiary/aromatic N) is 3. The lowest BCUT2D eigenvalue weighted by Gasteiger charge is -2.12. The van der Waals surface area contributed by atoms with E-state index in [0.717, 1.165) is 5.56 Å². The molecule has 26 heavy (non-hydrogen) atoms. The Bertz CT molecular complexity index is 943. The molecule has 0 saturated carbocycles. The Labute approximate surface area is 149 Å². The Kier molecular flexibility index (Phi) is 4.83. The predicted molar refractivity (Wildman–Crippen MR) is 91.9 cm³/mol. The van der Waals surface area contributed by atoms with Crippen LogP contribution in [0.25, 0.3) is 11.0 Å². The summed E-state index contributed by atoms with van der Waals surface area (Å²) in [4.78, 5) is 16.1. The number of hydrogen-bond donors (Lipinski definition) is 0. The molecule has 1 aromatic heterocycles. The van der Waals surface area contributed by atoms with Gasteiger partial charge in [-0.15, -0.1) is 0 Å². The van der Waals surface area contributed by atoms with Gasteiger partial charge < -0.3 is 19.4 Å². The number of benzene rings is 2. The molecule has 8 heteroatoms. The summed E-state index contributed by atoms with van der Waals surface area (Å²) < 4.78 is 15.6. The molecule has 0 aliphatic heterocycles. The standard InChI is InChI=1S/C18H17N3O5/c1-11-4-9-15-16(10-11)21(23)20-18(19-15)26-14-7-5-13(6-8-14)25-12(2)17(22)24-3/h4-10,12H,1-3H3. The monoisotopic (exact) mass is 355 g/mol. The predicted octanol–water partition coefficient (Wildman–Crippen LogP) is 2.30. The maximum Gasteiger partial charge on any atom is 0.386 e. The zero-order valence-electron chi connectivity index (χ0n) is 14.5. The van der Waals surface area contributed by atoms with Crippen LogP contribution in [-0.4, -0.2) is 29.3 Å². The molecule has 0 radical (unpaired) electrons. The van der Waals surface area contributed by atoms with Crippen molar-refractivity contribution in [2.45, 2.75) is 20.0 Å². The Morgan fingerprint density at radius 1 is 1.15 bits per heavy atom. The summed E-state index contributed by atoms with van der Waals surface area (Å²) in [5.74, 6) is 0.434. The molecule has 0 saturated heterocycles. The highest BCUT2D eigenvalue weighted by molar-refractivity contribution is 5.74. The molecular formula is C18H17N3O5. The molecule has 0 aliphatic carbocycles. The number of carbonyl (C=O) groups excluding carboxylic acids is 1. The average Bonchev–Trinajstić information content (AvgIpc) is 2.63. The van der Waals surface area contributed by atoms with E-state index in [1.807, 2.05) is 13.0 Å². The Morgan fingerprint density at radius 2 is 1.85 bits per heavy atom. The quantitative estimate of drug-likeness (QED) is 0.393. The lowest BCUT2D eigenvalue weighted by atomic mass is 10.2. The molecule has 0 spiro atoms. The van der Waals surface area contributed by atoms with Gasteiger partial charge in [0.25, 0.3) is 5.52 Å². The summed E-state index contributed by atoms with van der Waals surface area (Å²) in [6, 6.07) is 11.7. The van der Waals surface area contributed by atoms with Crippen molar-refractivity contribution < 1.29 is 23.9 Å². The molecule has 134 valence electrons. The molecule has 0 N–H and O–H groups in total. The highest BCUT2D eigenvalue weighted by atomic mass is 16.6. The molecule has 1 atom stereocenters. The fraction of sp³-hybridized carbons (Fsp3) is 0.222. The molecule has 0 aliphatic rings. The second kappa shape index (κ2) is 7.22. The number of aryl methyl sites for hydroxylation is 1. The Hall–Kier alpha value is -3.42. The van der Waals surface area contributed by atoms with Crippen molar-refractivity contribution in [3.8, 4) is 17.5 Å². The zero-order valence-corrected chi connectivity index (χ0v) is 14.5. The van der Waals surface area contributed by atoms with Gasteiger partial charge in [-0.1, -0.05) is 6.07 Å². The number of carbonyl (C=O) groups is 1. The van der Waals surface area contributed by atoms with Crippen molar-refractivity contribution in [2.75, 3.05) is 7.11 Å². The second-order valence-electron chi connectivity index (χ2n) is 5.62. The minimum absolute atomic E-state index is 0.0621. The van der Waals surface area contributed by atoms with E-state index < -0.39 is 12.1 Å². The minimum Gasteiger partial charge on any atom is -0.594 e. The lowest BCUT2D eigenvalue weighted by molar-refractivity contribution is -0.643. The van der Waals surface area contributed by atoms with Crippen molar-refractivity contribution >= 4 is 17.0 Å². The second-order valence-corrected chi connectivity index (χ2v) is 5.62. The van der Waals surface area contributed by atoms with Crippen LogP contribution >= 0.6 is 0 Å². The van der Waals surface area contributed by atoms with Gasteiger partial charge in [-0.3, -0.25) is 0 Å². The van der Waals surface area contributed by atoms with Crippen LogP contribution in [-0.2, 0) is 9.53 Å². The number of methoxy groups -OCH3 is 1. The normalized spacial score (nSPS) is 11.8. The van der Waals surface area contributed by atoms with Crippen LogP contribution in [0.4, 0.5) is 0 Å². The number of hydrogen-bond acceptors (Lipinski definition) is 7. The SMILES string of the molecule is COC(=O)C(C)Oc1ccc(Oc2nc3ccc(C)cc3[n+]([O-])n2)cc1. The van der Waals surface area contributed by atoms with Crippen LogP contribution in [0, 0.1) is 12.1 Å². The first kappa shape index (κ1) is 17.4. The van der Waals surface area contributed by atoms with Gasteiger partial charge in [0.2, 0.25) is 0 Å². The molecule has 8 nitrogen and oxygen atoms in total. The van der Waals surface area contributed by atoms with Gasteiger partial charge in [0.05, 0.1) is 12.2 Å². The summed E-state index contributed by atoms with van der Waals surface area (Å²) in [5, 5.41) is 15.8. The summed E-state index contributed by atoms with van der Waals surface area (Å²) in [5.41, 5.74) is 1.80. The number of esters is 1. The summed E-state index contributed by atoms with van der Waals surface area (Å²) in [7, 11) is 1.30. The highest BCUT2D eigenvalue weighted by Crippen LogP contribution is 2.22. The van der Waals surface area contributed by atoms with E-state index in [9.17, 15) is 10.0 Å². The van der Waals surface area contributed by atoms with Gasteiger partial charge in [0.1, 0.15) is 17.0 Å². The molecule has 0 amide bonds. The van der Waals surface area contributed by atoms with E-state index in [-0.39, 0.29) is 6.01 Å². The highest BCUT2D eigenvalue weighted by Gasteiger charge is 2.15. The van der Waals surface area contributed by atoms with Gasteiger partial charge in [0, 0.05) is 6.07 Å². The number of ether oxygens (including phenoxy) is 3. The van der Waals surface area contributed by atoms with Gasteiger partial charge in [-0.25, -0.2) is 4.79 Å². The summed E-state index contributed by atoms with van der Waals surface area (Å²) in [6.07, 6.45) is -0.724. The van der Waals surface area contributed by atoms with E-state index in [0.29, 0.717) is 27.4 Å². The van der Waals surface area contributed by atoms with Gasteiger partial charge in [-0.05, 0) is 54.6 Å². The van der Waals surface area contributed by atoms with Crippen LogP contribution in [0.15, 0.2) is 42.5 Å². The Morgan fingerprint density at radius 3 is 2.54 bits per heavy atom. The minimum atomic E-state index is -0.724. The van der Waals surface area contributed by atoms with Gasteiger partial charge in [-0.2, -0.15) is 4.98 Å². The molecular weight excluding hydrogens is 338 g/mol. The van der Waals surface area contributed by atoms with Crippen molar-refractivity contribution in [3.05, 3.63) is 53.2 Å². The van der Waals surface area contributed by atoms with Crippen LogP contribution in [0.5, 0.6) is 17.5 Å². The van der Waals surface area contributed by atoms with Gasteiger partial charge in [0.15, 0.2) is 6.10 Å². The first-order valence-electron chi connectivity index (χ1n) is 7.87. The van der Waals surface area contributed by atoms with Crippen molar-refractivity contribution in [3.63, 3.8) is 0 Å². The average molecular weight is 355 g/mol. The largest absolute Gasteiger partial charge is 0.594 e. The third-order valence-electron chi connectivity index (χ3n) is 3.61. The third-order valence-corrected chi connectivity index (χ3v) is 3.61. The first-order valence-corrected chi connectivity index (χ1v) is 7.87. The summed E-state index contributed by atoms with van der Waals surface area (Å²) >= 11 is 0. The van der Waals surface area contributed by atoms with E-state index in [2.05, 4.69) is 14.8 Å². The van der Waals surface area contributed by atoms with Crippen LogP contribution < -0.4 is 14.3 Å². The fourth-order valence-electron chi connectivity index (χ4n) is 2.29. The van der Waals surface area contributed by atoms with E-state index in [1.54, 1.807) is 43.3 Å². The number of fused-ring (bicyclic) bond motifs is 1. The number of rotatable bonds is 5. The van der Waals surface area contributed by atoms with Crippen LogP contribution in [0.3, 0.4) is 0 Å². The van der Waals surface area contributed by atoms with Crippen molar-refractivity contribution in [1.29, 1.82) is 0 Å².